The molecule has 0 bridgehead atoms. The molecule has 2 rings (SSSR count). The molecule has 3 nitrogen and oxygen atoms in total. The number of thiophene rings is 1. The standard InChI is InChI=1S/C11H14BrNO2S/c1-11(2)7(4-8(11)14)13-10(15)6-3-9(12)16-5-6/h3,5,7-8,14H,4H2,1-2H3,(H,13,15). The van der Waals surface area contributed by atoms with E-state index < -0.39 is 0 Å². The first kappa shape index (κ1) is 12.1. The molecule has 0 spiro atoms. The molecule has 1 heterocycles. The number of aliphatic hydroxyl groups excluding tert-OH is 1. The molecule has 2 unspecified atom stereocenters. The largest absolute Gasteiger partial charge is 0.392 e. The molecule has 1 aromatic heterocycles. The zero-order chi connectivity index (χ0) is 11.9. The fraction of sp³-hybridized carbons (Fsp3) is 0.545. The Bertz CT molecular complexity index is 416. The van der Waals surface area contributed by atoms with Crippen LogP contribution in [0.1, 0.15) is 30.6 Å². The van der Waals surface area contributed by atoms with Crippen LogP contribution in [0.2, 0.25) is 0 Å². The highest BCUT2D eigenvalue weighted by Gasteiger charge is 2.47. The summed E-state index contributed by atoms with van der Waals surface area (Å²) in [5, 5.41) is 14.4. The van der Waals surface area contributed by atoms with Gasteiger partial charge in [0, 0.05) is 16.8 Å². The molecule has 0 aromatic carbocycles. The molecule has 0 radical (unpaired) electrons. The highest BCUT2D eigenvalue weighted by atomic mass is 79.9. The lowest BCUT2D eigenvalue weighted by Crippen LogP contribution is -2.61. The van der Waals surface area contributed by atoms with Crippen molar-refractivity contribution in [2.24, 2.45) is 5.41 Å². The summed E-state index contributed by atoms with van der Waals surface area (Å²) in [5.41, 5.74) is 0.456. The SMILES string of the molecule is CC1(C)C(O)CC1NC(=O)c1csc(Br)c1. The first-order valence-electron chi connectivity index (χ1n) is 5.14. The number of hydrogen-bond acceptors (Lipinski definition) is 3. The Balaban J connectivity index is 1.99. The van der Waals surface area contributed by atoms with Gasteiger partial charge < -0.3 is 10.4 Å². The molecule has 88 valence electrons. The van der Waals surface area contributed by atoms with Crippen molar-refractivity contribution in [3.05, 3.63) is 20.8 Å². The summed E-state index contributed by atoms with van der Waals surface area (Å²) in [7, 11) is 0. The molecule has 1 saturated carbocycles. The van der Waals surface area contributed by atoms with Gasteiger partial charge in [0.25, 0.3) is 5.91 Å². The summed E-state index contributed by atoms with van der Waals surface area (Å²) in [6.07, 6.45) is 0.330. The average Bonchev–Trinajstić information content (AvgIpc) is 2.64. The van der Waals surface area contributed by atoms with Crippen molar-refractivity contribution in [2.45, 2.75) is 32.4 Å². The molecule has 2 N–H and O–H groups in total. The predicted octanol–water partition coefficient (Wildman–Crippen LogP) is 2.40. The molecule has 0 saturated heterocycles. The van der Waals surface area contributed by atoms with E-state index in [9.17, 15) is 9.90 Å². The summed E-state index contributed by atoms with van der Waals surface area (Å²) in [4.78, 5) is 11.8. The first-order valence-corrected chi connectivity index (χ1v) is 6.81. The molecule has 0 aliphatic heterocycles. The van der Waals surface area contributed by atoms with Crippen molar-refractivity contribution < 1.29 is 9.90 Å². The van der Waals surface area contributed by atoms with E-state index >= 15 is 0 Å². The predicted molar refractivity (Wildman–Crippen MR) is 67.7 cm³/mol. The van der Waals surface area contributed by atoms with Crippen LogP contribution in [-0.4, -0.2) is 23.2 Å². The van der Waals surface area contributed by atoms with Crippen LogP contribution in [-0.2, 0) is 0 Å². The number of aliphatic hydroxyl groups is 1. The summed E-state index contributed by atoms with van der Waals surface area (Å²) in [6.45, 7) is 3.94. The maximum atomic E-state index is 11.8. The van der Waals surface area contributed by atoms with Crippen LogP contribution in [0.3, 0.4) is 0 Å². The number of hydrogen-bond donors (Lipinski definition) is 2. The van der Waals surface area contributed by atoms with E-state index in [1.807, 2.05) is 25.3 Å². The maximum Gasteiger partial charge on any atom is 0.252 e. The quantitative estimate of drug-likeness (QED) is 0.881. The van der Waals surface area contributed by atoms with Gasteiger partial charge in [-0.1, -0.05) is 13.8 Å². The smallest absolute Gasteiger partial charge is 0.252 e. The zero-order valence-electron chi connectivity index (χ0n) is 9.16. The van der Waals surface area contributed by atoms with Gasteiger partial charge in [-0.3, -0.25) is 4.79 Å². The van der Waals surface area contributed by atoms with Crippen LogP contribution in [0.4, 0.5) is 0 Å². The summed E-state index contributed by atoms with van der Waals surface area (Å²) < 4.78 is 0.950. The van der Waals surface area contributed by atoms with Crippen molar-refractivity contribution in [1.82, 2.24) is 5.32 Å². The van der Waals surface area contributed by atoms with E-state index in [-0.39, 0.29) is 23.5 Å². The monoisotopic (exact) mass is 303 g/mol. The fourth-order valence-electron chi connectivity index (χ4n) is 1.82. The number of carbonyl (C=O) groups excluding carboxylic acids is 1. The topological polar surface area (TPSA) is 49.3 Å². The molecular weight excluding hydrogens is 290 g/mol. The van der Waals surface area contributed by atoms with Crippen molar-refractivity contribution in [1.29, 1.82) is 0 Å². The Kier molecular flexibility index (Phi) is 3.11. The van der Waals surface area contributed by atoms with Gasteiger partial charge in [0.1, 0.15) is 0 Å². The molecule has 1 amide bonds. The molecule has 1 aliphatic carbocycles. The van der Waals surface area contributed by atoms with E-state index in [1.165, 1.54) is 11.3 Å². The third-order valence-corrected chi connectivity index (χ3v) is 4.86. The Labute approximate surface area is 107 Å². The minimum Gasteiger partial charge on any atom is -0.392 e. The van der Waals surface area contributed by atoms with Crippen molar-refractivity contribution in [3.8, 4) is 0 Å². The summed E-state index contributed by atoms with van der Waals surface area (Å²) in [5.74, 6) is -0.0630. The van der Waals surface area contributed by atoms with Crippen LogP contribution in [0.25, 0.3) is 0 Å². The van der Waals surface area contributed by atoms with Crippen LogP contribution in [0, 0.1) is 5.41 Å². The average molecular weight is 304 g/mol. The second kappa shape index (κ2) is 4.13. The third kappa shape index (κ3) is 2.04. The van der Waals surface area contributed by atoms with Gasteiger partial charge in [0.15, 0.2) is 0 Å². The van der Waals surface area contributed by atoms with E-state index in [4.69, 9.17) is 0 Å². The minimum absolute atomic E-state index is 0.0630. The van der Waals surface area contributed by atoms with Crippen LogP contribution in [0.15, 0.2) is 15.2 Å². The zero-order valence-corrected chi connectivity index (χ0v) is 11.6. The summed E-state index contributed by atoms with van der Waals surface area (Å²) in [6, 6.07) is 1.87. The summed E-state index contributed by atoms with van der Waals surface area (Å²) >= 11 is 4.82. The van der Waals surface area contributed by atoms with Gasteiger partial charge in [0.2, 0.25) is 0 Å². The molecule has 2 atom stereocenters. The second-order valence-corrected chi connectivity index (χ2v) is 7.03. The van der Waals surface area contributed by atoms with Gasteiger partial charge in [0.05, 0.1) is 15.5 Å². The molecule has 1 aliphatic rings. The van der Waals surface area contributed by atoms with Crippen molar-refractivity contribution in [2.75, 3.05) is 0 Å². The van der Waals surface area contributed by atoms with Crippen LogP contribution >= 0.6 is 27.3 Å². The highest BCUT2D eigenvalue weighted by molar-refractivity contribution is 9.11. The Morgan fingerprint density at radius 1 is 1.69 bits per heavy atom. The Morgan fingerprint density at radius 3 is 2.81 bits per heavy atom. The second-order valence-electron chi connectivity index (χ2n) is 4.74. The molecule has 1 aromatic rings. The van der Waals surface area contributed by atoms with Crippen molar-refractivity contribution in [3.63, 3.8) is 0 Å². The molecule has 1 fully saturated rings. The van der Waals surface area contributed by atoms with E-state index in [2.05, 4.69) is 21.2 Å². The van der Waals surface area contributed by atoms with E-state index in [0.29, 0.717) is 12.0 Å². The maximum absolute atomic E-state index is 11.8. The van der Waals surface area contributed by atoms with Gasteiger partial charge in [-0.15, -0.1) is 11.3 Å². The van der Waals surface area contributed by atoms with Gasteiger partial charge in [-0.2, -0.15) is 0 Å². The lowest BCUT2D eigenvalue weighted by Gasteiger charge is -2.49. The minimum atomic E-state index is -0.313. The van der Waals surface area contributed by atoms with Gasteiger partial charge >= 0.3 is 0 Å². The molecule has 16 heavy (non-hydrogen) atoms. The number of nitrogens with one attached hydrogen (secondary N) is 1. The normalized spacial score (nSPS) is 27.2. The Hall–Kier alpha value is -0.390. The lowest BCUT2D eigenvalue weighted by atomic mass is 9.64. The van der Waals surface area contributed by atoms with Crippen molar-refractivity contribution >= 4 is 33.2 Å². The van der Waals surface area contributed by atoms with E-state index in [0.717, 1.165) is 3.79 Å². The number of carbonyl (C=O) groups is 1. The third-order valence-electron chi connectivity index (χ3n) is 3.35. The first-order chi connectivity index (χ1) is 7.41. The Morgan fingerprint density at radius 2 is 2.38 bits per heavy atom. The number of halogens is 1. The molecule has 5 heteroatoms. The number of amides is 1. The van der Waals surface area contributed by atoms with Crippen LogP contribution < -0.4 is 5.32 Å². The lowest BCUT2D eigenvalue weighted by molar-refractivity contribution is -0.0689. The van der Waals surface area contributed by atoms with E-state index in [1.54, 1.807) is 0 Å². The van der Waals surface area contributed by atoms with Gasteiger partial charge in [-0.25, -0.2) is 0 Å². The number of rotatable bonds is 2. The van der Waals surface area contributed by atoms with Gasteiger partial charge in [-0.05, 0) is 28.4 Å². The van der Waals surface area contributed by atoms with Crippen LogP contribution in [0.5, 0.6) is 0 Å². The molecular formula is C11H14BrNO2S. The fourth-order valence-corrected chi connectivity index (χ4v) is 2.95. The highest BCUT2D eigenvalue weighted by Crippen LogP contribution is 2.40.